The average Bonchev–Trinajstić information content (AvgIpc) is 2.65. The van der Waals surface area contributed by atoms with Gasteiger partial charge < -0.3 is 5.11 Å². The number of hydrogen-bond donors (Lipinski definition) is 2. The van der Waals surface area contributed by atoms with E-state index in [9.17, 15) is 9.59 Å². The third kappa shape index (κ3) is 3.36. The molecule has 2 atom stereocenters. The highest BCUT2D eigenvalue weighted by Crippen LogP contribution is 2.23. The predicted molar refractivity (Wildman–Crippen MR) is 65.4 cm³/mol. The molecule has 1 aromatic rings. The minimum absolute atomic E-state index is 0.00236. The van der Waals surface area contributed by atoms with Crippen LogP contribution in [-0.2, 0) is 4.79 Å². The number of carbonyl (C=O) groups is 1. The molecule has 1 aromatic heterocycles. The molecule has 0 aromatic carbocycles. The van der Waals surface area contributed by atoms with Crippen molar-refractivity contribution in [3.05, 3.63) is 10.5 Å². The highest BCUT2D eigenvalue weighted by Gasteiger charge is 2.19. The van der Waals surface area contributed by atoms with Crippen molar-refractivity contribution in [2.45, 2.75) is 38.4 Å². The minimum Gasteiger partial charge on any atom is -0.481 e. The molecule has 0 saturated heterocycles. The SMILES string of the molecule is CCC(C)C(C)n1c(SCC(=O)O)n[nH]c1=O. The molecule has 0 amide bonds. The summed E-state index contributed by atoms with van der Waals surface area (Å²) >= 11 is 1.05. The van der Waals surface area contributed by atoms with E-state index in [0.717, 1.165) is 18.2 Å². The Kier molecular flexibility index (Phi) is 4.80. The Labute approximate surface area is 103 Å². The van der Waals surface area contributed by atoms with E-state index >= 15 is 0 Å². The van der Waals surface area contributed by atoms with Gasteiger partial charge in [0.2, 0.25) is 0 Å². The van der Waals surface area contributed by atoms with Gasteiger partial charge in [-0.05, 0) is 12.8 Å². The number of H-pyrrole nitrogens is 1. The van der Waals surface area contributed by atoms with Crippen molar-refractivity contribution in [1.29, 1.82) is 0 Å². The summed E-state index contributed by atoms with van der Waals surface area (Å²) in [5.41, 5.74) is -0.286. The monoisotopic (exact) mass is 259 g/mol. The summed E-state index contributed by atoms with van der Waals surface area (Å²) in [6.45, 7) is 6.04. The van der Waals surface area contributed by atoms with Crippen molar-refractivity contribution in [3.8, 4) is 0 Å². The van der Waals surface area contributed by atoms with E-state index in [1.54, 1.807) is 0 Å². The lowest BCUT2D eigenvalue weighted by atomic mass is 10.0. The van der Waals surface area contributed by atoms with E-state index in [-0.39, 0.29) is 17.5 Å². The zero-order chi connectivity index (χ0) is 13.0. The van der Waals surface area contributed by atoms with Crippen LogP contribution < -0.4 is 5.69 Å². The van der Waals surface area contributed by atoms with Gasteiger partial charge in [0, 0.05) is 6.04 Å². The Bertz CT molecular complexity index is 440. The van der Waals surface area contributed by atoms with Crippen molar-refractivity contribution in [3.63, 3.8) is 0 Å². The quantitative estimate of drug-likeness (QED) is 0.753. The Morgan fingerprint density at radius 3 is 2.76 bits per heavy atom. The Balaban J connectivity index is 2.93. The number of carboxylic acids is 1. The van der Waals surface area contributed by atoms with E-state index in [0.29, 0.717) is 11.1 Å². The fourth-order valence-corrected chi connectivity index (χ4v) is 2.22. The maximum Gasteiger partial charge on any atom is 0.344 e. The van der Waals surface area contributed by atoms with Gasteiger partial charge in [-0.25, -0.2) is 9.89 Å². The number of aromatic nitrogens is 3. The summed E-state index contributed by atoms with van der Waals surface area (Å²) in [4.78, 5) is 22.1. The first kappa shape index (κ1) is 13.8. The van der Waals surface area contributed by atoms with Crippen LogP contribution in [0.2, 0.25) is 0 Å². The maximum atomic E-state index is 11.6. The second-order valence-electron chi connectivity index (χ2n) is 3.99. The van der Waals surface area contributed by atoms with Crippen LogP contribution in [0.5, 0.6) is 0 Å². The molecule has 0 aliphatic carbocycles. The van der Waals surface area contributed by atoms with E-state index < -0.39 is 5.97 Å². The van der Waals surface area contributed by atoms with Gasteiger partial charge in [-0.3, -0.25) is 9.36 Å². The Morgan fingerprint density at radius 2 is 2.24 bits per heavy atom. The molecule has 1 heterocycles. The molecule has 0 aliphatic heterocycles. The number of carboxylic acid groups (broad SMARTS) is 1. The number of nitrogens with one attached hydrogen (secondary N) is 1. The standard InChI is InChI=1S/C10H17N3O3S/c1-4-6(2)7(3)13-9(16)11-12-10(13)17-5-8(14)15/h6-7H,4-5H2,1-3H3,(H,11,16)(H,14,15). The number of nitrogens with zero attached hydrogens (tertiary/aromatic N) is 2. The van der Waals surface area contributed by atoms with Crippen molar-refractivity contribution in [2.75, 3.05) is 5.75 Å². The van der Waals surface area contributed by atoms with E-state index in [1.165, 1.54) is 4.57 Å². The predicted octanol–water partition coefficient (Wildman–Crippen LogP) is 1.36. The molecule has 0 saturated carbocycles. The molecular formula is C10H17N3O3S. The molecule has 0 spiro atoms. The number of rotatable bonds is 6. The molecule has 1 rings (SSSR count). The van der Waals surface area contributed by atoms with Gasteiger partial charge in [0.1, 0.15) is 0 Å². The number of aromatic amines is 1. The molecule has 17 heavy (non-hydrogen) atoms. The van der Waals surface area contributed by atoms with Gasteiger partial charge in [0.05, 0.1) is 5.75 Å². The highest BCUT2D eigenvalue weighted by molar-refractivity contribution is 7.99. The van der Waals surface area contributed by atoms with Crippen molar-refractivity contribution in [2.24, 2.45) is 5.92 Å². The number of aliphatic carboxylic acids is 1. The zero-order valence-electron chi connectivity index (χ0n) is 10.1. The van der Waals surface area contributed by atoms with Crippen LogP contribution in [0.15, 0.2) is 9.95 Å². The smallest absolute Gasteiger partial charge is 0.344 e. The normalized spacial score (nSPS) is 14.5. The first-order valence-corrected chi connectivity index (χ1v) is 6.47. The van der Waals surface area contributed by atoms with Gasteiger partial charge in [0.15, 0.2) is 5.16 Å². The summed E-state index contributed by atoms with van der Waals surface area (Å²) in [5.74, 6) is -0.694. The molecular weight excluding hydrogens is 242 g/mol. The summed E-state index contributed by atoms with van der Waals surface area (Å²) in [6, 6.07) is 0.00236. The molecule has 0 aliphatic rings. The lowest BCUT2D eigenvalue weighted by Gasteiger charge is -2.19. The van der Waals surface area contributed by atoms with Crippen LogP contribution in [0.1, 0.15) is 33.2 Å². The van der Waals surface area contributed by atoms with Crippen LogP contribution in [0.3, 0.4) is 0 Å². The third-order valence-electron chi connectivity index (χ3n) is 2.87. The third-order valence-corrected chi connectivity index (χ3v) is 3.81. The molecule has 7 heteroatoms. The van der Waals surface area contributed by atoms with Crippen molar-refractivity contribution >= 4 is 17.7 Å². The van der Waals surface area contributed by atoms with Gasteiger partial charge in [-0.1, -0.05) is 32.0 Å². The Morgan fingerprint density at radius 1 is 1.59 bits per heavy atom. The number of hydrogen-bond acceptors (Lipinski definition) is 4. The van der Waals surface area contributed by atoms with Gasteiger partial charge >= 0.3 is 11.7 Å². The second kappa shape index (κ2) is 5.90. The van der Waals surface area contributed by atoms with Gasteiger partial charge in [-0.2, -0.15) is 0 Å². The highest BCUT2D eigenvalue weighted by atomic mass is 32.2. The van der Waals surface area contributed by atoms with Crippen molar-refractivity contribution < 1.29 is 9.90 Å². The molecule has 0 radical (unpaired) electrons. The summed E-state index contributed by atoms with van der Waals surface area (Å²) in [6.07, 6.45) is 0.946. The van der Waals surface area contributed by atoms with Gasteiger partial charge in [-0.15, -0.1) is 5.10 Å². The molecule has 2 N–H and O–H groups in total. The maximum absolute atomic E-state index is 11.6. The lowest BCUT2D eigenvalue weighted by molar-refractivity contribution is -0.133. The molecule has 2 unspecified atom stereocenters. The summed E-state index contributed by atoms with van der Waals surface area (Å²) in [5, 5.41) is 15.3. The van der Waals surface area contributed by atoms with E-state index in [1.807, 2.05) is 6.92 Å². The number of thioether (sulfide) groups is 1. The van der Waals surface area contributed by atoms with Gasteiger partial charge in [0.25, 0.3) is 0 Å². The Hall–Kier alpha value is -1.24. The molecule has 6 nitrogen and oxygen atoms in total. The van der Waals surface area contributed by atoms with E-state index in [4.69, 9.17) is 5.11 Å². The van der Waals surface area contributed by atoms with Crippen LogP contribution >= 0.6 is 11.8 Å². The first-order valence-electron chi connectivity index (χ1n) is 5.48. The average molecular weight is 259 g/mol. The molecule has 0 fully saturated rings. The topological polar surface area (TPSA) is 88.0 Å². The molecule has 96 valence electrons. The van der Waals surface area contributed by atoms with Crippen LogP contribution in [-0.4, -0.2) is 31.6 Å². The zero-order valence-corrected chi connectivity index (χ0v) is 11.0. The minimum atomic E-state index is -0.923. The fourth-order valence-electron chi connectivity index (χ4n) is 1.47. The lowest BCUT2D eigenvalue weighted by Crippen LogP contribution is -2.25. The van der Waals surface area contributed by atoms with E-state index in [2.05, 4.69) is 24.0 Å². The fraction of sp³-hybridized carbons (Fsp3) is 0.700. The van der Waals surface area contributed by atoms with Crippen LogP contribution in [0.4, 0.5) is 0 Å². The van der Waals surface area contributed by atoms with Crippen LogP contribution in [0, 0.1) is 5.92 Å². The largest absolute Gasteiger partial charge is 0.481 e. The summed E-state index contributed by atoms with van der Waals surface area (Å²) in [7, 11) is 0. The van der Waals surface area contributed by atoms with Crippen LogP contribution in [0.25, 0.3) is 0 Å². The second-order valence-corrected chi connectivity index (χ2v) is 4.93. The summed E-state index contributed by atoms with van der Waals surface area (Å²) < 4.78 is 1.53. The van der Waals surface area contributed by atoms with Crippen molar-refractivity contribution in [1.82, 2.24) is 14.8 Å². The molecule has 0 bridgehead atoms. The first-order chi connectivity index (χ1) is 7.97.